The highest BCUT2D eigenvalue weighted by molar-refractivity contribution is 6.10. The Hall–Kier alpha value is -2.28. The fourth-order valence-electron chi connectivity index (χ4n) is 2.75. The maximum atomic E-state index is 4.05. The van der Waals surface area contributed by atoms with Crippen molar-refractivity contribution < 1.29 is 0 Å². The van der Waals surface area contributed by atoms with E-state index in [1.165, 1.54) is 33.1 Å². The van der Waals surface area contributed by atoms with Gasteiger partial charge in [0.25, 0.3) is 0 Å². The lowest BCUT2D eigenvalue weighted by atomic mass is 10.1. The molecule has 1 heterocycles. The third kappa shape index (κ3) is 2.59. The van der Waals surface area contributed by atoms with Gasteiger partial charge < -0.3 is 4.57 Å². The van der Waals surface area contributed by atoms with Gasteiger partial charge in [-0.2, -0.15) is 0 Å². The molecule has 0 spiro atoms. The van der Waals surface area contributed by atoms with Crippen LogP contribution in [0.25, 0.3) is 33.1 Å². The zero-order valence-corrected chi connectivity index (χ0v) is 14.3. The highest BCUT2D eigenvalue weighted by Gasteiger charge is 2.11. The Kier molecular flexibility index (Phi) is 4.87. The zero-order valence-electron chi connectivity index (χ0n) is 14.3. The molecule has 1 aromatic heterocycles. The first-order valence-corrected chi connectivity index (χ1v) is 7.96. The molecule has 0 N–H and O–H groups in total. The number of rotatable bonds is 2. The number of hydrogen-bond acceptors (Lipinski definition) is 0. The standard InChI is InChI=1S/C19H19N.C2H6/c1-5-14(4)20-18-9-7-6-8-16(18)17-12-15(13(2)3)10-11-19(17)20;1-2/h5-12H,2H2,1,3-4H3;1-2H3/b14-5+;. The molecular weight excluding hydrogens is 266 g/mol. The van der Waals surface area contributed by atoms with Crippen molar-refractivity contribution >= 4 is 33.1 Å². The topological polar surface area (TPSA) is 4.93 Å². The Morgan fingerprint density at radius 1 is 0.955 bits per heavy atom. The summed E-state index contributed by atoms with van der Waals surface area (Å²) in [4.78, 5) is 0. The van der Waals surface area contributed by atoms with E-state index in [-0.39, 0.29) is 0 Å². The second-order valence-corrected chi connectivity index (χ2v) is 5.29. The van der Waals surface area contributed by atoms with Gasteiger partial charge in [-0.05, 0) is 44.5 Å². The van der Waals surface area contributed by atoms with Gasteiger partial charge >= 0.3 is 0 Å². The minimum Gasteiger partial charge on any atom is -0.314 e. The van der Waals surface area contributed by atoms with Crippen molar-refractivity contribution in [2.75, 3.05) is 0 Å². The molecule has 114 valence electrons. The molecule has 0 aliphatic heterocycles. The van der Waals surface area contributed by atoms with Crippen LogP contribution < -0.4 is 0 Å². The van der Waals surface area contributed by atoms with Crippen molar-refractivity contribution in [1.29, 1.82) is 0 Å². The van der Waals surface area contributed by atoms with Crippen LogP contribution >= 0.6 is 0 Å². The molecule has 3 aromatic rings. The van der Waals surface area contributed by atoms with Crippen LogP contribution in [0.1, 0.15) is 40.2 Å². The summed E-state index contributed by atoms with van der Waals surface area (Å²) in [5, 5.41) is 2.59. The summed E-state index contributed by atoms with van der Waals surface area (Å²) in [6.45, 7) is 14.3. The predicted molar refractivity (Wildman–Crippen MR) is 101 cm³/mol. The maximum absolute atomic E-state index is 4.05. The van der Waals surface area contributed by atoms with Crippen LogP contribution in [0.2, 0.25) is 0 Å². The molecule has 0 atom stereocenters. The lowest BCUT2D eigenvalue weighted by Gasteiger charge is -2.07. The average molecular weight is 291 g/mol. The van der Waals surface area contributed by atoms with Gasteiger partial charge in [0.2, 0.25) is 0 Å². The summed E-state index contributed by atoms with van der Waals surface area (Å²) in [6.07, 6.45) is 2.15. The van der Waals surface area contributed by atoms with Crippen LogP contribution in [0.3, 0.4) is 0 Å². The van der Waals surface area contributed by atoms with Gasteiger partial charge in [-0.3, -0.25) is 0 Å². The molecule has 0 amide bonds. The summed E-state index contributed by atoms with van der Waals surface area (Å²) in [7, 11) is 0. The molecule has 0 fully saturated rings. The van der Waals surface area contributed by atoms with Crippen molar-refractivity contribution in [2.24, 2.45) is 0 Å². The highest BCUT2D eigenvalue weighted by atomic mass is 15.0. The van der Waals surface area contributed by atoms with E-state index < -0.39 is 0 Å². The fraction of sp³-hybridized carbons (Fsp3) is 0.238. The molecule has 0 saturated heterocycles. The quantitative estimate of drug-likeness (QED) is 0.493. The van der Waals surface area contributed by atoms with Crippen molar-refractivity contribution in [3.63, 3.8) is 0 Å². The zero-order chi connectivity index (χ0) is 16.3. The number of fused-ring (bicyclic) bond motifs is 3. The number of benzene rings is 2. The summed E-state index contributed by atoms with van der Waals surface area (Å²) in [5.74, 6) is 0. The third-order valence-electron chi connectivity index (χ3n) is 3.94. The molecule has 0 saturated carbocycles. The molecule has 0 aliphatic carbocycles. The average Bonchev–Trinajstić information content (AvgIpc) is 2.89. The van der Waals surface area contributed by atoms with E-state index in [9.17, 15) is 0 Å². The smallest absolute Gasteiger partial charge is 0.0538 e. The van der Waals surface area contributed by atoms with Crippen LogP contribution in [0, 0.1) is 0 Å². The normalized spacial score (nSPS) is 11.4. The fourth-order valence-corrected chi connectivity index (χ4v) is 2.75. The summed E-state index contributed by atoms with van der Waals surface area (Å²) in [6, 6.07) is 15.2. The monoisotopic (exact) mass is 291 g/mol. The van der Waals surface area contributed by atoms with Crippen molar-refractivity contribution in [3.05, 3.63) is 60.7 Å². The first-order valence-electron chi connectivity index (χ1n) is 7.96. The van der Waals surface area contributed by atoms with Crippen LogP contribution in [-0.2, 0) is 0 Å². The molecule has 22 heavy (non-hydrogen) atoms. The van der Waals surface area contributed by atoms with Crippen LogP contribution in [0.4, 0.5) is 0 Å². The molecule has 0 bridgehead atoms. The minimum atomic E-state index is 1.10. The van der Waals surface area contributed by atoms with E-state index in [1.54, 1.807) is 0 Å². The Morgan fingerprint density at radius 2 is 1.59 bits per heavy atom. The summed E-state index contributed by atoms with van der Waals surface area (Å²) in [5.41, 5.74) is 6.08. The van der Waals surface area contributed by atoms with E-state index in [1.807, 2.05) is 13.8 Å². The van der Waals surface area contributed by atoms with Gasteiger partial charge in [0, 0.05) is 16.5 Å². The first kappa shape index (κ1) is 16.1. The maximum Gasteiger partial charge on any atom is 0.0538 e. The predicted octanol–water partition coefficient (Wildman–Crippen LogP) is 6.73. The molecule has 1 heteroatoms. The molecule has 0 radical (unpaired) electrons. The molecule has 0 unspecified atom stereocenters. The number of nitrogens with zero attached hydrogens (tertiary/aromatic N) is 1. The van der Waals surface area contributed by atoms with Gasteiger partial charge in [0.05, 0.1) is 11.0 Å². The van der Waals surface area contributed by atoms with E-state index in [4.69, 9.17) is 0 Å². The van der Waals surface area contributed by atoms with Crippen LogP contribution in [0.5, 0.6) is 0 Å². The van der Waals surface area contributed by atoms with Gasteiger partial charge in [-0.15, -0.1) is 0 Å². The van der Waals surface area contributed by atoms with Crippen LogP contribution in [0.15, 0.2) is 55.1 Å². The Morgan fingerprint density at radius 3 is 2.23 bits per heavy atom. The third-order valence-corrected chi connectivity index (χ3v) is 3.94. The van der Waals surface area contributed by atoms with Crippen molar-refractivity contribution in [3.8, 4) is 0 Å². The first-order chi connectivity index (χ1) is 10.6. The minimum absolute atomic E-state index is 1.10. The number of hydrogen-bond donors (Lipinski definition) is 0. The Labute approximate surface area is 133 Å². The van der Waals surface area contributed by atoms with Gasteiger partial charge in [-0.1, -0.05) is 56.3 Å². The summed E-state index contributed by atoms with van der Waals surface area (Å²) >= 11 is 0. The largest absolute Gasteiger partial charge is 0.314 e. The van der Waals surface area contributed by atoms with E-state index in [0.717, 1.165) is 5.57 Å². The molecule has 2 aromatic carbocycles. The second kappa shape index (κ2) is 6.65. The molecule has 1 nitrogen and oxygen atoms in total. The van der Waals surface area contributed by atoms with E-state index in [2.05, 4.69) is 80.5 Å². The molecule has 0 aliphatic rings. The Bertz CT molecular complexity index is 847. The lowest BCUT2D eigenvalue weighted by Crippen LogP contribution is -1.92. The van der Waals surface area contributed by atoms with Gasteiger partial charge in [0.1, 0.15) is 0 Å². The SMILES string of the molecule is C=C(C)c1ccc2c(c1)c1ccccc1n2/C(C)=C/C.CC. The summed E-state index contributed by atoms with van der Waals surface area (Å²) < 4.78 is 2.33. The van der Waals surface area contributed by atoms with Crippen molar-refractivity contribution in [1.82, 2.24) is 4.57 Å². The molecular formula is C21H25N. The Balaban J connectivity index is 0.000000847. The van der Waals surface area contributed by atoms with Gasteiger partial charge in [0.15, 0.2) is 0 Å². The number of allylic oxidation sites excluding steroid dienone is 3. The second-order valence-electron chi connectivity index (χ2n) is 5.29. The number of para-hydroxylation sites is 1. The van der Waals surface area contributed by atoms with Crippen LogP contribution in [-0.4, -0.2) is 4.57 Å². The van der Waals surface area contributed by atoms with E-state index in [0.29, 0.717) is 0 Å². The molecule has 3 rings (SSSR count). The van der Waals surface area contributed by atoms with Gasteiger partial charge in [-0.25, -0.2) is 0 Å². The van der Waals surface area contributed by atoms with E-state index >= 15 is 0 Å². The highest BCUT2D eigenvalue weighted by Crippen LogP contribution is 2.33. The van der Waals surface area contributed by atoms with Crippen molar-refractivity contribution in [2.45, 2.75) is 34.6 Å². The number of aromatic nitrogens is 1. The lowest BCUT2D eigenvalue weighted by molar-refractivity contribution is 1.19.